The van der Waals surface area contributed by atoms with Gasteiger partial charge >= 0.3 is 0 Å². The number of benzene rings is 1. The van der Waals surface area contributed by atoms with Gasteiger partial charge in [-0.3, -0.25) is 4.79 Å². The molecule has 5 heteroatoms. The Labute approximate surface area is 110 Å². The van der Waals surface area contributed by atoms with Gasteiger partial charge in [0.05, 0.1) is 6.54 Å². The van der Waals surface area contributed by atoms with E-state index < -0.39 is 0 Å². The van der Waals surface area contributed by atoms with Gasteiger partial charge in [0.2, 0.25) is 5.91 Å². The largest absolute Gasteiger partial charge is 0.359 e. The lowest BCUT2D eigenvalue weighted by atomic mass is 10.1. The molecule has 1 heterocycles. The first-order valence-corrected chi connectivity index (χ1v) is 6.33. The van der Waals surface area contributed by atoms with Gasteiger partial charge in [-0.1, -0.05) is 17.3 Å². The van der Waals surface area contributed by atoms with Crippen molar-refractivity contribution in [2.24, 2.45) is 11.7 Å². The van der Waals surface area contributed by atoms with Crippen LogP contribution in [0.5, 0.6) is 0 Å². The Bertz CT molecular complexity index is 585. The summed E-state index contributed by atoms with van der Waals surface area (Å²) in [4.78, 5) is 11.6. The number of nitrogens with one attached hydrogen (secondary N) is 1. The molecule has 2 aromatic rings. The molecule has 0 bridgehead atoms. The second-order valence-electron chi connectivity index (χ2n) is 4.72. The van der Waals surface area contributed by atoms with Crippen LogP contribution < -0.4 is 11.1 Å². The van der Waals surface area contributed by atoms with Gasteiger partial charge in [0.25, 0.3) is 0 Å². The molecule has 1 amide bonds. The first-order valence-electron chi connectivity index (χ1n) is 6.33. The Morgan fingerprint density at radius 1 is 1.37 bits per heavy atom. The molecular formula is C14H15N3O2. The fraction of sp³-hybridized carbons (Fsp3) is 0.286. The summed E-state index contributed by atoms with van der Waals surface area (Å²) >= 11 is 0. The number of hydrogen-bond acceptors (Lipinski definition) is 4. The summed E-state index contributed by atoms with van der Waals surface area (Å²) in [7, 11) is 0. The SMILES string of the molecule is NCc1cc(-c2ccc(NC(=O)C3CC3)cc2)no1. The molecule has 5 nitrogen and oxygen atoms in total. The Morgan fingerprint density at radius 3 is 2.68 bits per heavy atom. The van der Waals surface area contributed by atoms with Crippen LogP contribution in [0.4, 0.5) is 5.69 Å². The zero-order valence-corrected chi connectivity index (χ0v) is 10.4. The first kappa shape index (κ1) is 11.9. The van der Waals surface area contributed by atoms with Crippen molar-refractivity contribution in [2.75, 3.05) is 5.32 Å². The molecule has 0 spiro atoms. The number of nitrogens with two attached hydrogens (primary N) is 1. The van der Waals surface area contributed by atoms with Crippen molar-refractivity contribution < 1.29 is 9.32 Å². The maximum absolute atomic E-state index is 11.6. The lowest BCUT2D eigenvalue weighted by molar-refractivity contribution is -0.117. The van der Waals surface area contributed by atoms with E-state index in [-0.39, 0.29) is 11.8 Å². The number of aromatic nitrogens is 1. The highest BCUT2D eigenvalue weighted by Gasteiger charge is 2.29. The smallest absolute Gasteiger partial charge is 0.227 e. The summed E-state index contributed by atoms with van der Waals surface area (Å²) in [6.45, 7) is 0.336. The van der Waals surface area contributed by atoms with Crippen LogP contribution >= 0.6 is 0 Å². The third kappa shape index (κ3) is 2.66. The fourth-order valence-corrected chi connectivity index (χ4v) is 1.86. The topological polar surface area (TPSA) is 81.1 Å². The quantitative estimate of drug-likeness (QED) is 0.879. The summed E-state index contributed by atoms with van der Waals surface area (Å²) < 4.78 is 5.06. The van der Waals surface area contributed by atoms with Gasteiger partial charge < -0.3 is 15.6 Å². The molecule has 0 radical (unpaired) electrons. The van der Waals surface area contributed by atoms with E-state index in [1.54, 1.807) is 0 Å². The maximum atomic E-state index is 11.6. The van der Waals surface area contributed by atoms with Crippen molar-refractivity contribution in [3.05, 3.63) is 36.1 Å². The predicted molar refractivity (Wildman–Crippen MR) is 71.2 cm³/mol. The van der Waals surface area contributed by atoms with Crippen LogP contribution in [0.3, 0.4) is 0 Å². The summed E-state index contributed by atoms with van der Waals surface area (Å²) in [6.07, 6.45) is 2.01. The Hall–Kier alpha value is -2.14. The normalized spacial score (nSPS) is 14.4. The van der Waals surface area contributed by atoms with E-state index in [0.29, 0.717) is 12.3 Å². The van der Waals surface area contributed by atoms with Crippen LogP contribution in [0.15, 0.2) is 34.9 Å². The molecule has 1 fully saturated rings. The van der Waals surface area contributed by atoms with Crippen molar-refractivity contribution in [2.45, 2.75) is 19.4 Å². The Balaban J connectivity index is 1.72. The molecule has 3 N–H and O–H groups in total. The monoisotopic (exact) mass is 257 g/mol. The highest BCUT2D eigenvalue weighted by Crippen LogP contribution is 2.30. The third-order valence-corrected chi connectivity index (χ3v) is 3.16. The van der Waals surface area contributed by atoms with E-state index >= 15 is 0 Å². The summed E-state index contributed by atoms with van der Waals surface area (Å²) in [5.74, 6) is 0.975. The second-order valence-corrected chi connectivity index (χ2v) is 4.72. The summed E-state index contributed by atoms with van der Waals surface area (Å²) in [5, 5.41) is 6.84. The second kappa shape index (κ2) is 4.85. The molecular weight excluding hydrogens is 242 g/mol. The van der Waals surface area contributed by atoms with Crippen LogP contribution in [-0.2, 0) is 11.3 Å². The van der Waals surface area contributed by atoms with Crippen molar-refractivity contribution in [1.29, 1.82) is 0 Å². The van der Waals surface area contributed by atoms with Gasteiger partial charge in [-0.05, 0) is 25.0 Å². The molecule has 1 aliphatic carbocycles. The van der Waals surface area contributed by atoms with Crippen molar-refractivity contribution in [1.82, 2.24) is 5.16 Å². The molecule has 0 atom stereocenters. The van der Waals surface area contributed by atoms with Crippen LogP contribution in [0.25, 0.3) is 11.3 Å². The maximum Gasteiger partial charge on any atom is 0.227 e. The average Bonchev–Trinajstić information content (AvgIpc) is 3.18. The predicted octanol–water partition coefficient (Wildman–Crippen LogP) is 2.15. The van der Waals surface area contributed by atoms with Crippen molar-refractivity contribution in [3.8, 4) is 11.3 Å². The molecule has 1 aliphatic rings. The van der Waals surface area contributed by atoms with Gasteiger partial charge in [-0.2, -0.15) is 0 Å². The van der Waals surface area contributed by atoms with Crippen molar-refractivity contribution >= 4 is 11.6 Å². The molecule has 1 aromatic carbocycles. The minimum Gasteiger partial charge on any atom is -0.359 e. The number of carbonyl (C=O) groups is 1. The van der Waals surface area contributed by atoms with E-state index in [9.17, 15) is 4.79 Å². The van der Waals surface area contributed by atoms with Crippen LogP contribution in [0.1, 0.15) is 18.6 Å². The molecule has 1 aromatic heterocycles. The zero-order valence-electron chi connectivity index (χ0n) is 10.4. The highest BCUT2D eigenvalue weighted by molar-refractivity contribution is 5.94. The highest BCUT2D eigenvalue weighted by atomic mass is 16.5. The van der Waals surface area contributed by atoms with Crippen LogP contribution in [-0.4, -0.2) is 11.1 Å². The number of rotatable bonds is 4. The summed E-state index contributed by atoms with van der Waals surface area (Å²) in [6, 6.07) is 9.36. The van der Waals surface area contributed by atoms with Gasteiger partial charge in [-0.25, -0.2) is 0 Å². The van der Waals surface area contributed by atoms with E-state index in [1.165, 1.54) is 0 Å². The number of carbonyl (C=O) groups excluding carboxylic acids is 1. The standard InChI is InChI=1S/C14H15N3O2/c15-8-12-7-13(17-19-12)9-3-5-11(6-4-9)16-14(18)10-1-2-10/h3-7,10H,1-2,8,15H2,(H,16,18). The van der Waals surface area contributed by atoms with Gasteiger partial charge in [-0.15, -0.1) is 0 Å². The minimum atomic E-state index is 0.111. The average molecular weight is 257 g/mol. The van der Waals surface area contributed by atoms with Crippen LogP contribution in [0, 0.1) is 5.92 Å². The van der Waals surface area contributed by atoms with Gasteiger partial charge in [0.1, 0.15) is 5.69 Å². The molecule has 19 heavy (non-hydrogen) atoms. The molecule has 0 unspecified atom stereocenters. The number of anilines is 1. The minimum absolute atomic E-state index is 0.111. The van der Waals surface area contributed by atoms with Crippen molar-refractivity contribution in [3.63, 3.8) is 0 Å². The lowest BCUT2D eigenvalue weighted by Gasteiger charge is -2.04. The van der Waals surface area contributed by atoms with E-state index in [4.69, 9.17) is 10.3 Å². The molecule has 3 rings (SSSR count). The Morgan fingerprint density at radius 2 is 2.11 bits per heavy atom. The van der Waals surface area contributed by atoms with Gasteiger partial charge in [0, 0.05) is 23.2 Å². The Kier molecular flexibility index (Phi) is 3.05. The molecule has 0 aliphatic heterocycles. The third-order valence-electron chi connectivity index (χ3n) is 3.16. The van der Waals surface area contributed by atoms with E-state index in [2.05, 4.69) is 10.5 Å². The van der Waals surface area contributed by atoms with Crippen LogP contribution in [0.2, 0.25) is 0 Å². The number of amides is 1. The number of nitrogens with zero attached hydrogens (tertiary/aromatic N) is 1. The summed E-state index contributed by atoms with van der Waals surface area (Å²) in [5.41, 5.74) is 7.97. The zero-order chi connectivity index (χ0) is 13.2. The van der Waals surface area contributed by atoms with Gasteiger partial charge in [0.15, 0.2) is 5.76 Å². The fourth-order valence-electron chi connectivity index (χ4n) is 1.86. The molecule has 0 saturated heterocycles. The van der Waals surface area contributed by atoms with E-state index in [1.807, 2.05) is 30.3 Å². The molecule has 1 saturated carbocycles. The lowest BCUT2D eigenvalue weighted by Crippen LogP contribution is -2.12. The number of hydrogen-bond donors (Lipinski definition) is 2. The van der Waals surface area contributed by atoms with E-state index in [0.717, 1.165) is 29.8 Å². The molecule has 98 valence electrons. The first-order chi connectivity index (χ1) is 9.26.